The van der Waals surface area contributed by atoms with Crippen LogP contribution in [0.1, 0.15) is 12.5 Å². The molecule has 0 aliphatic rings. The van der Waals surface area contributed by atoms with E-state index in [0.717, 1.165) is 12.1 Å². The van der Waals surface area contributed by atoms with Crippen LogP contribution in [0.25, 0.3) is 0 Å². The van der Waals surface area contributed by atoms with Crippen molar-refractivity contribution in [2.24, 2.45) is 5.16 Å². The summed E-state index contributed by atoms with van der Waals surface area (Å²) in [6, 6.07) is 4.69. The van der Waals surface area contributed by atoms with Crippen molar-refractivity contribution in [2.75, 3.05) is 13.2 Å². The number of benzene rings is 1. The lowest BCUT2D eigenvalue weighted by molar-refractivity contribution is -0.137. The summed E-state index contributed by atoms with van der Waals surface area (Å²) in [7, 11) is 0. The molecule has 0 saturated carbocycles. The van der Waals surface area contributed by atoms with Crippen LogP contribution in [0.2, 0.25) is 0 Å². The first-order valence-corrected chi connectivity index (χ1v) is 4.94. The SMILES string of the molecule is C/C=N/OCCOc1cccc(C(F)(F)F)c1. The van der Waals surface area contributed by atoms with Crippen molar-refractivity contribution in [3.63, 3.8) is 0 Å². The lowest BCUT2D eigenvalue weighted by Crippen LogP contribution is -2.07. The summed E-state index contributed by atoms with van der Waals surface area (Å²) < 4.78 is 42.2. The molecule has 0 saturated heterocycles. The van der Waals surface area contributed by atoms with Crippen LogP contribution in [-0.4, -0.2) is 19.4 Å². The fourth-order valence-electron chi connectivity index (χ4n) is 1.09. The third-order valence-corrected chi connectivity index (χ3v) is 1.78. The molecule has 1 aromatic carbocycles. The molecule has 0 radical (unpaired) electrons. The zero-order chi connectivity index (χ0) is 12.7. The van der Waals surface area contributed by atoms with E-state index >= 15 is 0 Å². The van der Waals surface area contributed by atoms with Gasteiger partial charge in [0, 0.05) is 6.21 Å². The summed E-state index contributed by atoms with van der Waals surface area (Å²) in [5, 5.41) is 3.47. The maximum atomic E-state index is 12.4. The normalized spacial score (nSPS) is 11.8. The Bertz CT molecular complexity index is 377. The average molecular weight is 247 g/mol. The summed E-state index contributed by atoms with van der Waals surface area (Å²) in [5.41, 5.74) is -0.734. The molecule has 0 aliphatic heterocycles. The Morgan fingerprint density at radius 3 is 2.71 bits per heavy atom. The van der Waals surface area contributed by atoms with Gasteiger partial charge in [-0.15, -0.1) is 0 Å². The number of alkyl halides is 3. The fourth-order valence-corrected chi connectivity index (χ4v) is 1.09. The lowest BCUT2D eigenvalue weighted by Gasteiger charge is -2.09. The van der Waals surface area contributed by atoms with Crippen molar-refractivity contribution in [1.82, 2.24) is 0 Å². The predicted molar refractivity (Wildman–Crippen MR) is 57.1 cm³/mol. The molecule has 0 spiro atoms. The molecule has 0 bridgehead atoms. The summed E-state index contributed by atoms with van der Waals surface area (Å²) in [6.45, 7) is 2.01. The monoisotopic (exact) mass is 247 g/mol. The van der Waals surface area contributed by atoms with Gasteiger partial charge >= 0.3 is 6.18 Å². The highest BCUT2D eigenvalue weighted by atomic mass is 19.4. The molecule has 1 aromatic rings. The molecule has 0 N–H and O–H groups in total. The van der Waals surface area contributed by atoms with Crippen molar-refractivity contribution >= 4 is 6.21 Å². The maximum Gasteiger partial charge on any atom is 0.416 e. The largest absolute Gasteiger partial charge is 0.490 e. The van der Waals surface area contributed by atoms with Crippen molar-refractivity contribution in [3.8, 4) is 5.75 Å². The van der Waals surface area contributed by atoms with E-state index in [4.69, 9.17) is 9.57 Å². The second-order valence-electron chi connectivity index (χ2n) is 3.07. The number of nitrogens with zero attached hydrogens (tertiary/aromatic N) is 1. The highest BCUT2D eigenvalue weighted by molar-refractivity contribution is 5.52. The van der Waals surface area contributed by atoms with Crippen LogP contribution < -0.4 is 4.74 Å². The van der Waals surface area contributed by atoms with Gasteiger partial charge in [-0.3, -0.25) is 0 Å². The van der Waals surface area contributed by atoms with Crippen LogP contribution in [0.15, 0.2) is 29.4 Å². The van der Waals surface area contributed by atoms with E-state index in [1.807, 2.05) is 0 Å². The minimum Gasteiger partial charge on any atom is -0.490 e. The van der Waals surface area contributed by atoms with Gasteiger partial charge in [-0.1, -0.05) is 11.2 Å². The van der Waals surface area contributed by atoms with Crippen molar-refractivity contribution < 1.29 is 22.7 Å². The third kappa shape index (κ3) is 4.76. The molecule has 17 heavy (non-hydrogen) atoms. The Balaban J connectivity index is 2.49. The Kier molecular flexibility index (Phi) is 4.81. The van der Waals surface area contributed by atoms with Gasteiger partial charge in [-0.2, -0.15) is 13.2 Å². The summed E-state index contributed by atoms with van der Waals surface area (Å²) in [6.07, 6.45) is -2.90. The van der Waals surface area contributed by atoms with Gasteiger partial charge in [0.25, 0.3) is 0 Å². The van der Waals surface area contributed by atoms with Gasteiger partial charge in [-0.25, -0.2) is 0 Å². The summed E-state index contributed by atoms with van der Waals surface area (Å²) in [4.78, 5) is 4.72. The van der Waals surface area contributed by atoms with Crippen LogP contribution in [0.4, 0.5) is 13.2 Å². The third-order valence-electron chi connectivity index (χ3n) is 1.78. The number of oxime groups is 1. The number of ether oxygens (including phenoxy) is 1. The molecule has 0 fully saturated rings. The minimum atomic E-state index is -4.36. The molecule has 1 rings (SSSR count). The van der Waals surface area contributed by atoms with E-state index in [1.54, 1.807) is 6.92 Å². The molecule has 6 heteroatoms. The van der Waals surface area contributed by atoms with Crippen molar-refractivity contribution in [1.29, 1.82) is 0 Å². The van der Waals surface area contributed by atoms with Gasteiger partial charge in [0.2, 0.25) is 0 Å². The quantitative estimate of drug-likeness (QED) is 0.454. The molecule has 0 aromatic heterocycles. The standard InChI is InChI=1S/C11H12F3NO2/c1-2-15-17-7-6-16-10-5-3-4-9(8-10)11(12,13)14/h2-5,8H,6-7H2,1H3/b15-2+. The molecule has 0 heterocycles. The van der Waals surface area contributed by atoms with E-state index in [0.29, 0.717) is 0 Å². The van der Waals surface area contributed by atoms with E-state index in [2.05, 4.69) is 5.16 Å². The minimum absolute atomic E-state index is 0.138. The first-order valence-electron chi connectivity index (χ1n) is 4.94. The van der Waals surface area contributed by atoms with Crippen LogP contribution in [0, 0.1) is 0 Å². The Labute approximate surface area is 96.8 Å². The number of hydrogen-bond donors (Lipinski definition) is 0. The molecule has 0 unspecified atom stereocenters. The summed E-state index contributed by atoms with van der Waals surface area (Å²) in [5.74, 6) is 0.156. The molecule has 94 valence electrons. The van der Waals surface area contributed by atoms with Crippen LogP contribution in [0.3, 0.4) is 0 Å². The van der Waals surface area contributed by atoms with E-state index in [9.17, 15) is 13.2 Å². The zero-order valence-corrected chi connectivity index (χ0v) is 9.20. The van der Waals surface area contributed by atoms with Gasteiger partial charge < -0.3 is 9.57 Å². The molecule has 0 atom stereocenters. The van der Waals surface area contributed by atoms with Crippen LogP contribution in [-0.2, 0) is 11.0 Å². The Morgan fingerprint density at radius 2 is 2.06 bits per heavy atom. The molecular formula is C11H12F3NO2. The van der Waals surface area contributed by atoms with E-state index < -0.39 is 11.7 Å². The predicted octanol–water partition coefficient (Wildman–Crippen LogP) is 3.11. The lowest BCUT2D eigenvalue weighted by atomic mass is 10.2. The van der Waals surface area contributed by atoms with E-state index in [1.165, 1.54) is 18.3 Å². The number of rotatable bonds is 5. The van der Waals surface area contributed by atoms with Gasteiger partial charge in [0.05, 0.1) is 5.56 Å². The van der Waals surface area contributed by atoms with Crippen molar-refractivity contribution in [3.05, 3.63) is 29.8 Å². The second kappa shape index (κ2) is 6.12. The Hall–Kier alpha value is -1.72. The molecule has 0 aliphatic carbocycles. The fraction of sp³-hybridized carbons (Fsp3) is 0.364. The van der Waals surface area contributed by atoms with Gasteiger partial charge in [-0.05, 0) is 25.1 Å². The molecule has 0 amide bonds. The highest BCUT2D eigenvalue weighted by Crippen LogP contribution is 2.31. The van der Waals surface area contributed by atoms with Crippen LogP contribution >= 0.6 is 0 Å². The van der Waals surface area contributed by atoms with Crippen LogP contribution in [0.5, 0.6) is 5.75 Å². The van der Waals surface area contributed by atoms with Gasteiger partial charge in [0.15, 0.2) is 6.61 Å². The van der Waals surface area contributed by atoms with Gasteiger partial charge in [0.1, 0.15) is 12.4 Å². The smallest absolute Gasteiger partial charge is 0.416 e. The first-order chi connectivity index (χ1) is 8.04. The highest BCUT2D eigenvalue weighted by Gasteiger charge is 2.30. The second-order valence-corrected chi connectivity index (χ2v) is 3.07. The number of halogens is 3. The average Bonchev–Trinajstić information content (AvgIpc) is 2.28. The molecular weight excluding hydrogens is 235 g/mol. The first kappa shape index (κ1) is 13.3. The topological polar surface area (TPSA) is 30.8 Å². The van der Waals surface area contributed by atoms with Crippen molar-refractivity contribution in [2.45, 2.75) is 13.1 Å². The Morgan fingerprint density at radius 1 is 1.29 bits per heavy atom. The summed E-state index contributed by atoms with van der Waals surface area (Å²) >= 11 is 0. The maximum absolute atomic E-state index is 12.4. The van der Waals surface area contributed by atoms with E-state index in [-0.39, 0.29) is 19.0 Å². The number of hydrogen-bond acceptors (Lipinski definition) is 3. The zero-order valence-electron chi connectivity index (χ0n) is 9.20. The molecule has 3 nitrogen and oxygen atoms in total.